The van der Waals surface area contributed by atoms with E-state index in [-0.39, 0.29) is 5.75 Å². The van der Waals surface area contributed by atoms with Gasteiger partial charge in [-0.1, -0.05) is 30.1 Å². The maximum absolute atomic E-state index is 9.78. The summed E-state index contributed by atoms with van der Waals surface area (Å²) in [4.78, 5) is 0. The van der Waals surface area contributed by atoms with Crippen LogP contribution in [0.4, 0.5) is 0 Å². The van der Waals surface area contributed by atoms with Crippen molar-refractivity contribution in [2.75, 3.05) is 11.5 Å². The molecule has 1 unspecified atom stereocenters. The second kappa shape index (κ2) is 7.37. The normalized spacial score (nSPS) is 12.7. The van der Waals surface area contributed by atoms with E-state index in [1.165, 1.54) is 6.07 Å². The van der Waals surface area contributed by atoms with Crippen molar-refractivity contribution in [1.82, 2.24) is 5.32 Å². The van der Waals surface area contributed by atoms with E-state index in [1.54, 1.807) is 6.07 Å². The summed E-state index contributed by atoms with van der Waals surface area (Å²) in [5.41, 5.74) is 0.732. The van der Waals surface area contributed by atoms with Gasteiger partial charge in [0.25, 0.3) is 0 Å². The average molecular weight is 294 g/mol. The molecule has 0 amide bonds. The first-order valence-corrected chi connectivity index (χ1v) is 7.43. The number of hydrogen-bond acceptors (Lipinski definition) is 3. The quantitative estimate of drug-likeness (QED) is 0.833. The molecular formula is C12H17Cl2NOS. The molecule has 0 aromatic heterocycles. The Labute approximate surface area is 117 Å². The lowest BCUT2D eigenvalue weighted by atomic mass is 10.2. The molecule has 0 radical (unpaired) electrons. The number of phenols is 1. The third-order valence-corrected chi connectivity index (χ3v) is 3.97. The number of halogens is 2. The lowest BCUT2D eigenvalue weighted by Gasteiger charge is -2.14. The fourth-order valence-electron chi connectivity index (χ4n) is 1.39. The third kappa shape index (κ3) is 4.96. The Balaban J connectivity index is 2.57. The van der Waals surface area contributed by atoms with Crippen LogP contribution in [0.15, 0.2) is 12.1 Å². The van der Waals surface area contributed by atoms with Gasteiger partial charge in [-0.05, 0) is 24.8 Å². The number of benzene rings is 1. The summed E-state index contributed by atoms with van der Waals surface area (Å²) >= 11 is 13.6. The predicted molar refractivity (Wildman–Crippen MR) is 77.4 cm³/mol. The third-order valence-electron chi connectivity index (χ3n) is 2.32. The van der Waals surface area contributed by atoms with Gasteiger partial charge in [0, 0.05) is 28.9 Å². The van der Waals surface area contributed by atoms with Crippen molar-refractivity contribution in [1.29, 1.82) is 0 Å². The van der Waals surface area contributed by atoms with E-state index in [2.05, 4.69) is 19.2 Å². The molecule has 0 saturated heterocycles. The first-order valence-electron chi connectivity index (χ1n) is 5.52. The molecule has 1 atom stereocenters. The van der Waals surface area contributed by atoms with Crippen LogP contribution in [0.3, 0.4) is 0 Å². The summed E-state index contributed by atoms with van der Waals surface area (Å²) in [6.45, 7) is 4.82. The monoisotopic (exact) mass is 293 g/mol. The molecule has 5 heteroatoms. The van der Waals surface area contributed by atoms with E-state index in [4.69, 9.17) is 23.2 Å². The Morgan fingerprint density at radius 2 is 2.12 bits per heavy atom. The Hall–Kier alpha value is -0.0900. The van der Waals surface area contributed by atoms with E-state index in [9.17, 15) is 5.11 Å². The molecule has 1 aromatic rings. The number of hydrogen-bond donors (Lipinski definition) is 2. The van der Waals surface area contributed by atoms with Gasteiger partial charge in [0.15, 0.2) is 0 Å². The van der Waals surface area contributed by atoms with Crippen molar-refractivity contribution in [3.63, 3.8) is 0 Å². The summed E-state index contributed by atoms with van der Waals surface area (Å²) in [7, 11) is 0. The van der Waals surface area contributed by atoms with Crippen LogP contribution in [0, 0.1) is 0 Å². The second-order valence-electron chi connectivity index (χ2n) is 3.84. The van der Waals surface area contributed by atoms with Crippen LogP contribution >= 0.6 is 35.0 Å². The Bertz CT molecular complexity index is 374. The summed E-state index contributed by atoms with van der Waals surface area (Å²) in [6, 6.07) is 3.66. The van der Waals surface area contributed by atoms with Crippen molar-refractivity contribution < 1.29 is 5.11 Å². The van der Waals surface area contributed by atoms with Gasteiger partial charge >= 0.3 is 0 Å². The van der Waals surface area contributed by atoms with Gasteiger partial charge in [-0.15, -0.1) is 0 Å². The molecule has 96 valence electrons. The summed E-state index contributed by atoms with van der Waals surface area (Å²) < 4.78 is 0. The SMILES string of the molecule is CCSCC(C)NCc1cc(Cl)cc(Cl)c1O. The molecule has 0 aliphatic carbocycles. The molecule has 0 fully saturated rings. The number of rotatable bonds is 6. The molecule has 17 heavy (non-hydrogen) atoms. The van der Waals surface area contributed by atoms with Crippen molar-refractivity contribution in [2.24, 2.45) is 0 Å². The summed E-state index contributed by atoms with van der Waals surface area (Å²) in [5.74, 6) is 2.27. The molecule has 0 heterocycles. The molecule has 0 aliphatic rings. The molecule has 2 N–H and O–H groups in total. The maximum atomic E-state index is 9.78. The number of nitrogens with one attached hydrogen (secondary N) is 1. The fourth-order valence-corrected chi connectivity index (χ4v) is 2.63. The van der Waals surface area contributed by atoms with Gasteiger partial charge in [0.1, 0.15) is 5.75 Å². The number of aromatic hydroxyl groups is 1. The molecule has 0 saturated carbocycles. The second-order valence-corrected chi connectivity index (χ2v) is 6.00. The smallest absolute Gasteiger partial charge is 0.138 e. The molecular weight excluding hydrogens is 277 g/mol. The van der Waals surface area contributed by atoms with E-state index in [0.717, 1.165) is 17.1 Å². The van der Waals surface area contributed by atoms with Gasteiger partial charge in [0.05, 0.1) is 5.02 Å². The molecule has 1 aromatic carbocycles. The van der Waals surface area contributed by atoms with Crippen LogP contribution in [0.2, 0.25) is 10.0 Å². The number of thioether (sulfide) groups is 1. The molecule has 0 aliphatic heterocycles. The minimum atomic E-state index is 0.110. The van der Waals surface area contributed by atoms with E-state index < -0.39 is 0 Å². The fraction of sp³-hybridized carbons (Fsp3) is 0.500. The minimum absolute atomic E-state index is 0.110. The highest BCUT2D eigenvalue weighted by molar-refractivity contribution is 7.99. The Morgan fingerprint density at radius 3 is 2.76 bits per heavy atom. The summed E-state index contributed by atoms with van der Waals surface area (Å²) in [6.07, 6.45) is 0. The van der Waals surface area contributed by atoms with Crippen LogP contribution in [0.1, 0.15) is 19.4 Å². The van der Waals surface area contributed by atoms with Gasteiger partial charge in [0.2, 0.25) is 0 Å². The van der Waals surface area contributed by atoms with Crippen molar-refractivity contribution in [3.05, 3.63) is 27.7 Å². The van der Waals surface area contributed by atoms with Gasteiger partial charge in [-0.25, -0.2) is 0 Å². The number of phenolic OH excluding ortho intramolecular Hbond substituents is 1. The van der Waals surface area contributed by atoms with E-state index in [1.807, 2.05) is 11.8 Å². The first kappa shape index (κ1) is 15.0. The van der Waals surface area contributed by atoms with Crippen LogP contribution in [-0.4, -0.2) is 22.7 Å². The average Bonchev–Trinajstić information content (AvgIpc) is 2.29. The van der Waals surface area contributed by atoms with Crippen LogP contribution in [0.25, 0.3) is 0 Å². The molecule has 1 rings (SSSR count). The minimum Gasteiger partial charge on any atom is -0.506 e. The molecule has 0 bridgehead atoms. The standard InChI is InChI=1S/C12H17Cl2NOS/c1-3-17-7-8(2)15-6-9-4-10(13)5-11(14)12(9)16/h4-5,8,15-16H,3,6-7H2,1-2H3. The largest absolute Gasteiger partial charge is 0.506 e. The highest BCUT2D eigenvalue weighted by Crippen LogP contribution is 2.31. The maximum Gasteiger partial charge on any atom is 0.138 e. The van der Waals surface area contributed by atoms with Crippen molar-refractivity contribution in [2.45, 2.75) is 26.4 Å². The predicted octanol–water partition coefficient (Wildman–Crippen LogP) is 3.93. The Kier molecular flexibility index (Phi) is 6.49. The molecule has 2 nitrogen and oxygen atoms in total. The summed E-state index contributed by atoms with van der Waals surface area (Å²) in [5, 5.41) is 13.9. The van der Waals surface area contributed by atoms with E-state index >= 15 is 0 Å². The molecule has 0 spiro atoms. The van der Waals surface area contributed by atoms with Crippen LogP contribution < -0.4 is 5.32 Å². The lowest BCUT2D eigenvalue weighted by molar-refractivity contribution is 0.462. The highest BCUT2D eigenvalue weighted by atomic mass is 35.5. The van der Waals surface area contributed by atoms with Gasteiger partial charge in [-0.3, -0.25) is 0 Å². The van der Waals surface area contributed by atoms with Gasteiger partial charge in [-0.2, -0.15) is 11.8 Å². The first-order chi connectivity index (χ1) is 8.04. The van der Waals surface area contributed by atoms with Crippen molar-refractivity contribution in [3.8, 4) is 5.75 Å². The van der Waals surface area contributed by atoms with Crippen LogP contribution in [0.5, 0.6) is 5.75 Å². The zero-order chi connectivity index (χ0) is 12.8. The topological polar surface area (TPSA) is 32.3 Å². The Morgan fingerprint density at radius 1 is 1.41 bits per heavy atom. The van der Waals surface area contributed by atoms with Gasteiger partial charge < -0.3 is 10.4 Å². The van der Waals surface area contributed by atoms with E-state index in [0.29, 0.717) is 22.6 Å². The zero-order valence-corrected chi connectivity index (χ0v) is 12.3. The van der Waals surface area contributed by atoms with Crippen molar-refractivity contribution >= 4 is 35.0 Å². The highest BCUT2D eigenvalue weighted by Gasteiger charge is 2.09. The lowest BCUT2D eigenvalue weighted by Crippen LogP contribution is -2.27. The van der Waals surface area contributed by atoms with Crippen LogP contribution in [-0.2, 0) is 6.54 Å². The zero-order valence-electron chi connectivity index (χ0n) is 9.96.